The van der Waals surface area contributed by atoms with Crippen LogP contribution in [0.3, 0.4) is 0 Å². The SMILES string of the molecule is COC(=O)COc1ccc(C(=O)Nc2cn(C3CCNCC3)cn2)cc1. The van der Waals surface area contributed by atoms with E-state index in [4.69, 9.17) is 4.74 Å². The maximum absolute atomic E-state index is 12.3. The van der Waals surface area contributed by atoms with Crippen LogP contribution in [0.5, 0.6) is 5.75 Å². The third kappa shape index (κ3) is 4.60. The van der Waals surface area contributed by atoms with E-state index >= 15 is 0 Å². The van der Waals surface area contributed by atoms with E-state index in [0.717, 1.165) is 25.9 Å². The molecule has 1 aliphatic rings. The summed E-state index contributed by atoms with van der Waals surface area (Å²) in [5, 5.41) is 6.12. The number of esters is 1. The minimum Gasteiger partial charge on any atom is -0.482 e. The van der Waals surface area contributed by atoms with Crippen LogP contribution >= 0.6 is 0 Å². The number of rotatable bonds is 6. The third-order valence-electron chi connectivity index (χ3n) is 4.27. The average Bonchev–Trinajstić information content (AvgIpc) is 3.15. The minimum absolute atomic E-state index is 0.170. The molecule has 0 aliphatic carbocycles. The van der Waals surface area contributed by atoms with Gasteiger partial charge in [-0.25, -0.2) is 9.78 Å². The van der Waals surface area contributed by atoms with Crippen molar-refractivity contribution in [2.24, 2.45) is 0 Å². The zero-order chi connectivity index (χ0) is 18.4. The predicted molar refractivity (Wildman–Crippen MR) is 95.3 cm³/mol. The van der Waals surface area contributed by atoms with Crippen LogP contribution in [0.25, 0.3) is 0 Å². The van der Waals surface area contributed by atoms with E-state index in [1.807, 2.05) is 6.20 Å². The van der Waals surface area contributed by atoms with Crippen molar-refractivity contribution in [3.63, 3.8) is 0 Å². The molecule has 0 unspecified atom stereocenters. The summed E-state index contributed by atoms with van der Waals surface area (Å²) in [5.41, 5.74) is 0.479. The maximum atomic E-state index is 12.3. The quantitative estimate of drug-likeness (QED) is 0.762. The Morgan fingerprint density at radius 3 is 2.69 bits per heavy atom. The number of hydrogen-bond acceptors (Lipinski definition) is 6. The molecule has 0 radical (unpaired) electrons. The molecule has 8 heteroatoms. The van der Waals surface area contributed by atoms with E-state index in [9.17, 15) is 9.59 Å². The molecule has 1 aromatic heterocycles. The molecule has 26 heavy (non-hydrogen) atoms. The van der Waals surface area contributed by atoms with Gasteiger partial charge in [0.15, 0.2) is 12.4 Å². The fourth-order valence-corrected chi connectivity index (χ4v) is 2.80. The van der Waals surface area contributed by atoms with E-state index in [-0.39, 0.29) is 12.5 Å². The first-order chi connectivity index (χ1) is 12.7. The molecule has 138 valence electrons. The molecule has 1 fully saturated rings. The predicted octanol–water partition coefficient (Wildman–Crippen LogP) is 1.61. The molecule has 8 nitrogen and oxygen atoms in total. The summed E-state index contributed by atoms with van der Waals surface area (Å²) in [6.45, 7) is 1.82. The highest BCUT2D eigenvalue weighted by Crippen LogP contribution is 2.20. The van der Waals surface area contributed by atoms with E-state index in [1.165, 1.54) is 7.11 Å². The van der Waals surface area contributed by atoms with Crippen LogP contribution in [0.2, 0.25) is 0 Å². The Morgan fingerprint density at radius 2 is 2.00 bits per heavy atom. The number of carbonyl (C=O) groups excluding carboxylic acids is 2. The highest BCUT2D eigenvalue weighted by molar-refractivity contribution is 6.03. The van der Waals surface area contributed by atoms with E-state index in [0.29, 0.717) is 23.2 Å². The number of piperidine rings is 1. The van der Waals surface area contributed by atoms with Crippen molar-refractivity contribution in [1.82, 2.24) is 14.9 Å². The van der Waals surface area contributed by atoms with Crippen LogP contribution in [0.4, 0.5) is 5.82 Å². The highest BCUT2D eigenvalue weighted by Gasteiger charge is 2.16. The Balaban J connectivity index is 1.56. The first-order valence-corrected chi connectivity index (χ1v) is 8.51. The number of methoxy groups -OCH3 is 1. The Labute approximate surface area is 151 Å². The van der Waals surface area contributed by atoms with Gasteiger partial charge in [0.05, 0.1) is 13.4 Å². The second-order valence-corrected chi connectivity index (χ2v) is 6.03. The molecule has 1 aromatic carbocycles. The van der Waals surface area contributed by atoms with E-state index < -0.39 is 5.97 Å². The largest absolute Gasteiger partial charge is 0.482 e. The van der Waals surface area contributed by atoms with Crippen molar-refractivity contribution >= 4 is 17.7 Å². The van der Waals surface area contributed by atoms with E-state index in [1.54, 1.807) is 30.6 Å². The summed E-state index contributed by atoms with van der Waals surface area (Å²) >= 11 is 0. The number of nitrogens with one attached hydrogen (secondary N) is 2. The molecule has 2 N–H and O–H groups in total. The number of hydrogen-bond donors (Lipinski definition) is 2. The van der Waals surface area contributed by atoms with Gasteiger partial charge in [-0.3, -0.25) is 4.79 Å². The van der Waals surface area contributed by atoms with Gasteiger partial charge in [-0.2, -0.15) is 0 Å². The molecule has 2 heterocycles. The number of ether oxygens (including phenoxy) is 2. The molecule has 0 bridgehead atoms. The lowest BCUT2D eigenvalue weighted by molar-refractivity contribution is -0.142. The number of carbonyl (C=O) groups is 2. The summed E-state index contributed by atoms with van der Waals surface area (Å²) in [5.74, 6) is 0.304. The Hall–Kier alpha value is -2.87. The number of imidazole rings is 1. The zero-order valence-electron chi connectivity index (χ0n) is 14.6. The molecule has 3 rings (SSSR count). The molecule has 1 amide bonds. The topological polar surface area (TPSA) is 94.5 Å². The van der Waals surface area contributed by atoms with E-state index in [2.05, 4.69) is 24.9 Å². The monoisotopic (exact) mass is 358 g/mol. The second kappa shape index (κ2) is 8.48. The maximum Gasteiger partial charge on any atom is 0.343 e. The van der Waals surface area contributed by atoms with Crippen LogP contribution in [-0.2, 0) is 9.53 Å². The van der Waals surface area contributed by atoms with Gasteiger partial charge in [0.1, 0.15) is 5.75 Å². The van der Waals surface area contributed by atoms with Crippen molar-refractivity contribution in [1.29, 1.82) is 0 Å². The standard InChI is InChI=1S/C18H22N4O4/c1-25-17(23)11-26-15-4-2-13(3-5-15)18(24)21-16-10-22(12-20-16)14-6-8-19-9-7-14/h2-5,10,12,14,19H,6-9,11H2,1H3,(H,21,24). The van der Waals surface area contributed by atoms with Gasteiger partial charge in [-0.05, 0) is 50.2 Å². The molecule has 0 saturated carbocycles. The molecule has 1 saturated heterocycles. The lowest BCUT2D eigenvalue weighted by atomic mass is 10.1. The lowest BCUT2D eigenvalue weighted by Gasteiger charge is -2.23. The summed E-state index contributed by atoms with van der Waals surface area (Å²) in [6.07, 6.45) is 5.73. The number of anilines is 1. The lowest BCUT2D eigenvalue weighted by Crippen LogP contribution is -2.28. The molecule has 1 aliphatic heterocycles. The fraction of sp³-hybridized carbons (Fsp3) is 0.389. The first-order valence-electron chi connectivity index (χ1n) is 8.51. The Morgan fingerprint density at radius 1 is 1.27 bits per heavy atom. The minimum atomic E-state index is -0.462. The summed E-state index contributed by atoms with van der Waals surface area (Å²) in [7, 11) is 1.30. The number of aromatic nitrogens is 2. The molecule has 0 atom stereocenters. The van der Waals surface area contributed by atoms with Gasteiger partial charge >= 0.3 is 5.97 Å². The van der Waals surface area contributed by atoms with Crippen LogP contribution in [-0.4, -0.2) is 48.2 Å². The number of amides is 1. The fourth-order valence-electron chi connectivity index (χ4n) is 2.80. The van der Waals surface area contributed by atoms with Crippen molar-refractivity contribution in [3.8, 4) is 5.75 Å². The van der Waals surface area contributed by atoms with Crippen LogP contribution in [0.1, 0.15) is 29.2 Å². The van der Waals surface area contributed by atoms with Crippen molar-refractivity contribution < 1.29 is 19.1 Å². The van der Waals surface area contributed by atoms with Gasteiger partial charge in [0, 0.05) is 17.8 Å². The van der Waals surface area contributed by atoms with Crippen LogP contribution in [0, 0.1) is 0 Å². The highest BCUT2D eigenvalue weighted by atomic mass is 16.6. The van der Waals surface area contributed by atoms with Crippen molar-refractivity contribution in [2.75, 3.05) is 32.1 Å². The molecular formula is C18H22N4O4. The summed E-state index contributed by atoms with van der Waals surface area (Å²) in [6, 6.07) is 6.94. The number of nitrogens with zero attached hydrogens (tertiary/aromatic N) is 2. The van der Waals surface area contributed by atoms with Gasteiger partial charge in [0.2, 0.25) is 0 Å². The third-order valence-corrected chi connectivity index (χ3v) is 4.27. The van der Waals surface area contributed by atoms with Crippen LogP contribution in [0.15, 0.2) is 36.8 Å². The average molecular weight is 358 g/mol. The van der Waals surface area contributed by atoms with Gasteiger partial charge in [0.25, 0.3) is 5.91 Å². The summed E-state index contributed by atoms with van der Waals surface area (Å²) in [4.78, 5) is 27.7. The van der Waals surface area contributed by atoms with Crippen molar-refractivity contribution in [2.45, 2.75) is 18.9 Å². The Bertz CT molecular complexity index is 751. The van der Waals surface area contributed by atoms with Crippen LogP contribution < -0.4 is 15.4 Å². The summed E-state index contributed by atoms with van der Waals surface area (Å²) < 4.78 is 11.8. The zero-order valence-corrected chi connectivity index (χ0v) is 14.6. The Kier molecular flexibility index (Phi) is 5.85. The second-order valence-electron chi connectivity index (χ2n) is 6.03. The smallest absolute Gasteiger partial charge is 0.343 e. The van der Waals surface area contributed by atoms with Gasteiger partial charge < -0.3 is 24.7 Å². The van der Waals surface area contributed by atoms with Gasteiger partial charge in [-0.15, -0.1) is 0 Å². The first kappa shape index (κ1) is 17.9. The molecular weight excluding hydrogens is 336 g/mol. The number of benzene rings is 1. The van der Waals surface area contributed by atoms with Crippen molar-refractivity contribution in [3.05, 3.63) is 42.4 Å². The normalized spacial score (nSPS) is 14.7. The van der Waals surface area contributed by atoms with Gasteiger partial charge in [-0.1, -0.05) is 0 Å². The molecule has 2 aromatic rings. The molecule has 0 spiro atoms.